The van der Waals surface area contributed by atoms with E-state index in [1.165, 1.54) is 6.39 Å². The van der Waals surface area contributed by atoms with Crippen molar-refractivity contribution in [2.24, 2.45) is 0 Å². The van der Waals surface area contributed by atoms with Gasteiger partial charge in [0, 0.05) is 19.2 Å². The standard InChI is InChI=1S/C9H9ClN4O/c10-7-2-1-4-11-9(7)12-5-3-8-13-6-15-14-8/h1-2,4,6H,3,5H2,(H,11,12). The third-order valence-electron chi connectivity index (χ3n) is 1.81. The third-order valence-corrected chi connectivity index (χ3v) is 2.11. The van der Waals surface area contributed by atoms with Crippen LogP contribution in [-0.2, 0) is 6.42 Å². The van der Waals surface area contributed by atoms with Crippen molar-refractivity contribution in [2.75, 3.05) is 11.9 Å². The molecular formula is C9H9ClN4O. The first-order valence-electron chi connectivity index (χ1n) is 4.46. The highest BCUT2D eigenvalue weighted by atomic mass is 35.5. The van der Waals surface area contributed by atoms with E-state index in [9.17, 15) is 0 Å². The Hall–Kier alpha value is -1.62. The van der Waals surface area contributed by atoms with Crippen molar-refractivity contribution >= 4 is 17.4 Å². The lowest BCUT2D eigenvalue weighted by molar-refractivity contribution is 0.410. The molecule has 0 saturated heterocycles. The molecule has 0 radical (unpaired) electrons. The van der Waals surface area contributed by atoms with Gasteiger partial charge in [0.15, 0.2) is 5.82 Å². The zero-order chi connectivity index (χ0) is 10.5. The van der Waals surface area contributed by atoms with Gasteiger partial charge in [-0.2, -0.15) is 4.98 Å². The summed E-state index contributed by atoms with van der Waals surface area (Å²) >= 11 is 5.91. The monoisotopic (exact) mass is 224 g/mol. The fraction of sp³-hybridized carbons (Fsp3) is 0.222. The number of aromatic nitrogens is 3. The Kier molecular flexibility index (Phi) is 3.14. The average Bonchev–Trinajstić information content (AvgIpc) is 2.74. The number of halogens is 1. The average molecular weight is 225 g/mol. The summed E-state index contributed by atoms with van der Waals surface area (Å²) in [7, 11) is 0. The maximum Gasteiger partial charge on any atom is 0.213 e. The molecule has 2 rings (SSSR count). The van der Waals surface area contributed by atoms with Crippen LogP contribution in [0.2, 0.25) is 5.02 Å². The van der Waals surface area contributed by atoms with Crippen LogP contribution in [0.25, 0.3) is 0 Å². The quantitative estimate of drug-likeness (QED) is 0.858. The first-order chi connectivity index (χ1) is 7.36. The van der Waals surface area contributed by atoms with Gasteiger partial charge in [-0.25, -0.2) is 4.98 Å². The lowest BCUT2D eigenvalue weighted by Crippen LogP contribution is -2.07. The molecule has 0 amide bonds. The second kappa shape index (κ2) is 4.75. The van der Waals surface area contributed by atoms with E-state index in [1.807, 2.05) is 0 Å². The molecule has 0 saturated carbocycles. The SMILES string of the molecule is Clc1cccnc1NCCc1ncon1. The van der Waals surface area contributed by atoms with Crippen LogP contribution in [0.3, 0.4) is 0 Å². The Morgan fingerprint density at radius 2 is 2.33 bits per heavy atom. The van der Waals surface area contributed by atoms with Gasteiger partial charge in [0.25, 0.3) is 0 Å². The molecule has 0 atom stereocenters. The zero-order valence-electron chi connectivity index (χ0n) is 7.85. The summed E-state index contributed by atoms with van der Waals surface area (Å²) in [5, 5.41) is 7.38. The van der Waals surface area contributed by atoms with Crippen molar-refractivity contribution in [1.82, 2.24) is 15.1 Å². The molecular weight excluding hydrogens is 216 g/mol. The van der Waals surface area contributed by atoms with Gasteiger partial charge in [-0.1, -0.05) is 16.8 Å². The molecule has 0 aliphatic carbocycles. The first-order valence-corrected chi connectivity index (χ1v) is 4.83. The van der Waals surface area contributed by atoms with Crippen molar-refractivity contribution in [2.45, 2.75) is 6.42 Å². The Labute approximate surface area is 91.5 Å². The normalized spacial score (nSPS) is 10.2. The van der Waals surface area contributed by atoms with Crippen molar-refractivity contribution in [1.29, 1.82) is 0 Å². The predicted molar refractivity (Wildman–Crippen MR) is 55.7 cm³/mol. The van der Waals surface area contributed by atoms with E-state index in [-0.39, 0.29) is 0 Å². The Morgan fingerprint density at radius 3 is 3.07 bits per heavy atom. The highest BCUT2D eigenvalue weighted by Crippen LogP contribution is 2.16. The number of rotatable bonds is 4. The van der Waals surface area contributed by atoms with Crippen LogP contribution in [-0.4, -0.2) is 21.7 Å². The molecule has 0 aliphatic heterocycles. The molecule has 0 unspecified atom stereocenters. The molecule has 0 aliphatic rings. The lowest BCUT2D eigenvalue weighted by Gasteiger charge is -2.04. The topological polar surface area (TPSA) is 63.8 Å². The lowest BCUT2D eigenvalue weighted by atomic mass is 10.4. The number of anilines is 1. The third kappa shape index (κ3) is 2.66. The molecule has 2 heterocycles. The van der Waals surface area contributed by atoms with Crippen molar-refractivity contribution in [3.05, 3.63) is 35.6 Å². The van der Waals surface area contributed by atoms with Gasteiger partial charge in [0.2, 0.25) is 6.39 Å². The van der Waals surface area contributed by atoms with Gasteiger partial charge in [-0.15, -0.1) is 0 Å². The highest BCUT2D eigenvalue weighted by molar-refractivity contribution is 6.32. The zero-order valence-corrected chi connectivity index (χ0v) is 8.61. The Morgan fingerprint density at radius 1 is 1.40 bits per heavy atom. The van der Waals surface area contributed by atoms with E-state index in [0.29, 0.717) is 29.6 Å². The minimum absolute atomic E-state index is 0.602. The minimum Gasteiger partial charge on any atom is -0.368 e. The van der Waals surface area contributed by atoms with Crippen molar-refractivity contribution in [3.63, 3.8) is 0 Å². The van der Waals surface area contributed by atoms with Gasteiger partial charge in [0.05, 0.1) is 5.02 Å². The van der Waals surface area contributed by atoms with Crippen LogP contribution in [0, 0.1) is 0 Å². The summed E-state index contributed by atoms with van der Waals surface area (Å²) in [6, 6.07) is 3.57. The number of nitrogens with one attached hydrogen (secondary N) is 1. The summed E-state index contributed by atoms with van der Waals surface area (Å²) < 4.78 is 4.61. The van der Waals surface area contributed by atoms with Gasteiger partial charge in [-0.3, -0.25) is 0 Å². The van der Waals surface area contributed by atoms with E-state index < -0.39 is 0 Å². The van der Waals surface area contributed by atoms with Gasteiger partial charge in [-0.05, 0) is 12.1 Å². The van der Waals surface area contributed by atoms with E-state index in [2.05, 4.69) is 25.0 Å². The van der Waals surface area contributed by atoms with E-state index in [4.69, 9.17) is 11.6 Å². The van der Waals surface area contributed by atoms with E-state index >= 15 is 0 Å². The largest absolute Gasteiger partial charge is 0.368 e. The summed E-state index contributed by atoms with van der Waals surface area (Å²) in [5.74, 6) is 1.33. The Bertz CT molecular complexity index is 418. The second-order valence-corrected chi connectivity index (χ2v) is 3.27. The maximum absolute atomic E-state index is 5.91. The van der Waals surface area contributed by atoms with Crippen LogP contribution >= 0.6 is 11.6 Å². The van der Waals surface area contributed by atoms with Crippen LogP contribution in [0.15, 0.2) is 29.2 Å². The molecule has 5 nitrogen and oxygen atoms in total. The van der Waals surface area contributed by atoms with Crippen LogP contribution < -0.4 is 5.32 Å². The van der Waals surface area contributed by atoms with Gasteiger partial charge >= 0.3 is 0 Å². The van der Waals surface area contributed by atoms with Crippen molar-refractivity contribution < 1.29 is 4.52 Å². The molecule has 0 bridgehead atoms. The smallest absolute Gasteiger partial charge is 0.213 e. The molecule has 78 valence electrons. The maximum atomic E-state index is 5.91. The van der Waals surface area contributed by atoms with Crippen LogP contribution in [0.1, 0.15) is 5.82 Å². The van der Waals surface area contributed by atoms with E-state index in [0.717, 1.165) is 0 Å². The van der Waals surface area contributed by atoms with Crippen LogP contribution in [0.5, 0.6) is 0 Å². The number of nitrogens with zero attached hydrogens (tertiary/aromatic N) is 3. The molecule has 15 heavy (non-hydrogen) atoms. The van der Waals surface area contributed by atoms with Gasteiger partial charge in [0.1, 0.15) is 5.82 Å². The molecule has 2 aromatic heterocycles. The van der Waals surface area contributed by atoms with Crippen molar-refractivity contribution in [3.8, 4) is 0 Å². The molecule has 6 heteroatoms. The summed E-state index contributed by atoms with van der Waals surface area (Å²) in [5.41, 5.74) is 0. The number of hydrogen-bond donors (Lipinski definition) is 1. The molecule has 1 N–H and O–H groups in total. The molecule has 0 aromatic carbocycles. The predicted octanol–water partition coefficient (Wildman–Crippen LogP) is 1.77. The summed E-state index contributed by atoms with van der Waals surface area (Å²) in [4.78, 5) is 7.99. The molecule has 0 spiro atoms. The highest BCUT2D eigenvalue weighted by Gasteiger charge is 2.01. The van der Waals surface area contributed by atoms with Gasteiger partial charge < -0.3 is 9.84 Å². The minimum atomic E-state index is 0.602. The summed E-state index contributed by atoms with van der Waals surface area (Å²) in [6.45, 7) is 0.663. The second-order valence-electron chi connectivity index (χ2n) is 2.86. The van der Waals surface area contributed by atoms with Crippen LogP contribution in [0.4, 0.5) is 5.82 Å². The number of pyridine rings is 1. The first kappa shape index (κ1) is 9.92. The number of hydrogen-bond acceptors (Lipinski definition) is 5. The summed E-state index contributed by atoms with van der Waals surface area (Å²) in [6.07, 6.45) is 3.66. The fourth-order valence-corrected chi connectivity index (χ4v) is 1.30. The fourth-order valence-electron chi connectivity index (χ4n) is 1.11. The van der Waals surface area contributed by atoms with E-state index in [1.54, 1.807) is 18.3 Å². The Balaban J connectivity index is 1.86. The molecule has 2 aromatic rings. The molecule has 0 fully saturated rings.